The van der Waals surface area contributed by atoms with Crippen molar-refractivity contribution < 1.29 is 23.2 Å². The number of benzene rings is 2. The molecule has 2 aliphatic carbocycles. The Morgan fingerprint density at radius 1 is 1.05 bits per heavy atom. The maximum absolute atomic E-state index is 14.7. The molecule has 2 aliphatic rings. The van der Waals surface area contributed by atoms with E-state index in [0.29, 0.717) is 18.4 Å². The van der Waals surface area contributed by atoms with Gasteiger partial charge in [0.25, 0.3) is 12.3 Å². The average molecular weight is 525 g/mol. The molecule has 9 heteroatoms. The van der Waals surface area contributed by atoms with Gasteiger partial charge in [-0.15, -0.1) is 0 Å². The Morgan fingerprint density at radius 2 is 1.61 bits per heavy atom. The summed E-state index contributed by atoms with van der Waals surface area (Å²) < 4.78 is 29.3. The minimum Gasteiger partial charge on any atom is -0.368 e. The highest BCUT2D eigenvalue weighted by atomic mass is 19.3. The molecular weight excluding hydrogens is 490 g/mol. The third kappa shape index (κ3) is 5.29. The van der Waals surface area contributed by atoms with E-state index in [-0.39, 0.29) is 18.2 Å². The van der Waals surface area contributed by atoms with Crippen LogP contribution in [0.1, 0.15) is 63.1 Å². The second kappa shape index (κ2) is 10.8. The van der Waals surface area contributed by atoms with Crippen LogP contribution in [0, 0.1) is 17.2 Å². The van der Waals surface area contributed by atoms with Crippen molar-refractivity contribution in [2.24, 2.45) is 11.7 Å². The minimum absolute atomic E-state index is 0.0310. The number of rotatable bonds is 12. The first kappa shape index (κ1) is 27.7. The number of hydrogen-bond donors (Lipinski definition) is 2. The van der Waals surface area contributed by atoms with Crippen molar-refractivity contribution in [1.29, 1.82) is 5.26 Å². The summed E-state index contributed by atoms with van der Waals surface area (Å²) in [6.07, 6.45) is -0.209. The molecule has 0 heterocycles. The lowest BCUT2D eigenvalue weighted by atomic mass is 9.92. The molecule has 0 unspecified atom stereocenters. The summed E-state index contributed by atoms with van der Waals surface area (Å²) in [6.45, 7) is 3.79. The third-order valence-electron chi connectivity index (χ3n) is 7.73. The number of carbonyl (C=O) groups is 2. The van der Waals surface area contributed by atoms with Gasteiger partial charge in [0.2, 0.25) is 5.91 Å². The Hall–Kier alpha value is -3.35. The van der Waals surface area contributed by atoms with Crippen molar-refractivity contribution in [2.75, 3.05) is 7.11 Å². The third-order valence-corrected chi connectivity index (χ3v) is 7.73. The van der Waals surface area contributed by atoms with E-state index in [0.717, 1.165) is 29.5 Å². The number of primary amides is 1. The molecule has 2 aromatic carbocycles. The van der Waals surface area contributed by atoms with Crippen molar-refractivity contribution in [3.8, 4) is 17.2 Å². The fourth-order valence-corrected chi connectivity index (χ4v) is 5.36. The quantitative estimate of drug-likeness (QED) is 0.394. The summed E-state index contributed by atoms with van der Waals surface area (Å²) in [7, 11) is 1.40. The van der Waals surface area contributed by atoms with Crippen LogP contribution in [-0.4, -0.2) is 41.8 Å². The lowest BCUT2D eigenvalue weighted by Gasteiger charge is -2.40. The summed E-state index contributed by atoms with van der Waals surface area (Å²) in [5, 5.41) is 9.89. The number of hydrogen-bond acceptors (Lipinski definition) is 5. The first-order valence-corrected chi connectivity index (χ1v) is 12.9. The van der Waals surface area contributed by atoms with E-state index in [1.165, 1.54) is 12.0 Å². The zero-order chi connectivity index (χ0) is 27.7. The molecule has 0 saturated heterocycles. The summed E-state index contributed by atoms with van der Waals surface area (Å²) in [5.74, 6) is -0.837. The molecule has 202 valence electrons. The topological polar surface area (TPSA) is 108 Å². The number of nitrogens with zero attached hydrogens (tertiary/aromatic N) is 2. The van der Waals surface area contributed by atoms with E-state index in [9.17, 15) is 23.6 Å². The predicted octanol–water partition coefficient (Wildman–Crippen LogP) is 4.63. The van der Waals surface area contributed by atoms with Crippen LogP contribution in [0.2, 0.25) is 0 Å². The molecule has 2 aromatic rings. The van der Waals surface area contributed by atoms with Gasteiger partial charge >= 0.3 is 0 Å². The van der Waals surface area contributed by atoms with Gasteiger partial charge in [-0.3, -0.25) is 19.3 Å². The molecule has 2 atom stereocenters. The fraction of sp³-hybridized carbons (Fsp3) is 0.483. The lowest BCUT2D eigenvalue weighted by molar-refractivity contribution is -0.134. The van der Waals surface area contributed by atoms with Gasteiger partial charge in [-0.2, -0.15) is 5.26 Å². The first-order chi connectivity index (χ1) is 18.1. The average Bonchev–Trinajstić information content (AvgIpc) is 3.81. The van der Waals surface area contributed by atoms with Crippen molar-refractivity contribution in [3.05, 3.63) is 59.7 Å². The molecule has 4 rings (SSSR count). The smallest absolute Gasteiger partial charge is 0.258 e. The molecular formula is C29H34F2N4O3. The van der Waals surface area contributed by atoms with E-state index in [1.54, 1.807) is 24.3 Å². The zero-order valence-electron chi connectivity index (χ0n) is 21.9. The number of nitrogens with one attached hydrogen (secondary N) is 1. The number of hydroxylamine groups is 1. The Morgan fingerprint density at radius 3 is 2.00 bits per heavy atom. The monoisotopic (exact) mass is 524 g/mol. The predicted molar refractivity (Wildman–Crippen MR) is 139 cm³/mol. The van der Waals surface area contributed by atoms with Gasteiger partial charge in [0.15, 0.2) is 0 Å². The number of carbonyl (C=O) groups excluding carboxylic acids is 2. The van der Waals surface area contributed by atoms with E-state index < -0.39 is 35.4 Å². The zero-order valence-corrected chi connectivity index (χ0v) is 21.9. The highest BCUT2D eigenvalue weighted by Gasteiger charge is 2.56. The van der Waals surface area contributed by atoms with Crippen molar-refractivity contribution in [3.63, 3.8) is 0 Å². The Balaban J connectivity index is 1.62. The van der Waals surface area contributed by atoms with Gasteiger partial charge in [0.1, 0.15) is 5.54 Å². The molecule has 3 N–H and O–H groups in total. The number of nitriles is 1. The van der Waals surface area contributed by atoms with E-state index >= 15 is 0 Å². The first-order valence-electron chi connectivity index (χ1n) is 12.9. The van der Waals surface area contributed by atoms with Gasteiger partial charge in [0.05, 0.1) is 30.7 Å². The van der Waals surface area contributed by atoms with Crippen LogP contribution in [0.25, 0.3) is 11.1 Å². The van der Waals surface area contributed by atoms with Gasteiger partial charge in [-0.1, -0.05) is 62.4 Å². The largest absolute Gasteiger partial charge is 0.368 e. The van der Waals surface area contributed by atoms with Crippen LogP contribution in [-0.2, 0) is 19.8 Å². The van der Waals surface area contributed by atoms with Crippen LogP contribution in [0.15, 0.2) is 48.5 Å². The van der Waals surface area contributed by atoms with Crippen LogP contribution >= 0.6 is 0 Å². The minimum atomic E-state index is -2.83. The van der Waals surface area contributed by atoms with Crippen molar-refractivity contribution >= 4 is 11.8 Å². The summed E-state index contributed by atoms with van der Waals surface area (Å²) in [6, 6.07) is 14.2. The highest BCUT2D eigenvalue weighted by Crippen LogP contribution is 2.50. The summed E-state index contributed by atoms with van der Waals surface area (Å²) >= 11 is 0. The summed E-state index contributed by atoms with van der Waals surface area (Å²) in [4.78, 5) is 31.0. The lowest BCUT2D eigenvalue weighted by Crippen LogP contribution is -2.54. The molecule has 0 aromatic heterocycles. The fourth-order valence-electron chi connectivity index (χ4n) is 5.36. The Labute approximate surface area is 221 Å². The second-order valence-electron chi connectivity index (χ2n) is 10.8. The number of amides is 2. The van der Waals surface area contributed by atoms with Crippen molar-refractivity contribution in [1.82, 2.24) is 10.4 Å². The maximum atomic E-state index is 14.7. The number of halogens is 2. The standard InChI is InChI=1S/C29H34F2N4O3/c1-18(2)16-23(26(33)36)35(28(17-32)12-13-28)24(25(30)31)21-6-4-19(5-7-21)20-8-10-22(11-9-20)29(14-15-29)27(37)34-38-3/h4-11,18,23-25H,12-16H2,1-3H3,(H2,33,36)(H,34,37)/t23-,24-/m0/s1. The van der Waals surface area contributed by atoms with Crippen molar-refractivity contribution in [2.45, 2.75) is 75.4 Å². The van der Waals surface area contributed by atoms with Gasteiger partial charge in [0, 0.05) is 0 Å². The normalized spacial score (nSPS) is 18.6. The number of alkyl halides is 2. The molecule has 2 fully saturated rings. The van der Waals surface area contributed by atoms with E-state index in [2.05, 4.69) is 11.5 Å². The van der Waals surface area contributed by atoms with Crippen LogP contribution < -0.4 is 11.2 Å². The Kier molecular flexibility index (Phi) is 7.86. The molecule has 0 radical (unpaired) electrons. The number of nitrogens with two attached hydrogens (primary N) is 1. The molecule has 0 bridgehead atoms. The van der Waals surface area contributed by atoms with Crippen LogP contribution in [0.4, 0.5) is 8.78 Å². The molecule has 0 spiro atoms. The molecule has 7 nitrogen and oxygen atoms in total. The second-order valence-corrected chi connectivity index (χ2v) is 10.8. The SMILES string of the molecule is CONC(=O)C1(c2ccc(-c3ccc([C@@H](C(F)F)N([C@@H](CC(C)C)C(N)=O)C4(C#N)CC4)cc3)cc2)CC1. The van der Waals surface area contributed by atoms with E-state index in [1.807, 2.05) is 38.1 Å². The Bertz CT molecular complexity index is 1200. The molecule has 2 amide bonds. The highest BCUT2D eigenvalue weighted by molar-refractivity contribution is 5.90. The van der Waals surface area contributed by atoms with Crippen LogP contribution in [0.5, 0.6) is 0 Å². The summed E-state index contributed by atoms with van der Waals surface area (Å²) in [5.41, 5.74) is 9.34. The van der Waals surface area contributed by atoms with Gasteiger partial charge in [-0.25, -0.2) is 14.3 Å². The van der Waals surface area contributed by atoms with Gasteiger partial charge in [-0.05, 0) is 60.3 Å². The van der Waals surface area contributed by atoms with E-state index in [4.69, 9.17) is 10.6 Å². The van der Waals surface area contributed by atoms with Crippen LogP contribution in [0.3, 0.4) is 0 Å². The molecule has 2 saturated carbocycles. The van der Waals surface area contributed by atoms with Gasteiger partial charge < -0.3 is 5.73 Å². The molecule has 0 aliphatic heterocycles. The molecule has 38 heavy (non-hydrogen) atoms. The maximum Gasteiger partial charge on any atom is 0.258 e.